The van der Waals surface area contributed by atoms with E-state index in [1.807, 2.05) is 26.0 Å². The van der Waals surface area contributed by atoms with Gasteiger partial charge >= 0.3 is 0 Å². The number of aliphatic hydroxyl groups excluding tert-OH is 1. The Morgan fingerprint density at radius 3 is 2.50 bits per heavy atom. The molecule has 1 rings (SSSR count). The lowest BCUT2D eigenvalue weighted by Gasteiger charge is -2.15. The first-order chi connectivity index (χ1) is 8.54. The summed E-state index contributed by atoms with van der Waals surface area (Å²) in [7, 11) is 0. The van der Waals surface area contributed by atoms with Crippen molar-refractivity contribution in [2.45, 2.75) is 52.1 Å². The van der Waals surface area contributed by atoms with Crippen LogP contribution in [0.1, 0.15) is 51.5 Å². The lowest BCUT2D eigenvalue weighted by molar-refractivity contribution is 0.242. The number of hydrogen-bond donors (Lipinski definition) is 1. The van der Waals surface area contributed by atoms with E-state index in [1.165, 1.54) is 5.56 Å². The Bertz CT molecular complexity index is 364. The van der Waals surface area contributed by atoms with E-state index in [9.17, 15) is 0 Å². The van der Waals surface area contributed by atoms with Crippen molar-refractivity contribution in [1.82, 2.24) is 0 Å². The van der Waals surface area contributed by atoms with Gasteiger partial charge in [0.25, 0.3) is 0 Å². The zero-order chi connectivity index (χ0) is 13.5. The minimum atomic E-state index is 0.135. The fourth-order valence-electron chi connectivity index (χ4n) is 1.90. The summed E-state index contributed by atoms with van der Waals surface area (Å²) in [6, 6.07) is 6.01. The molecule has 0 aliphatic heterocycles. The molecule has 1 unspecified atom stereocenters. The van der Waals surface area contributed by atoms with Crippen molar-refractivity contribution in [2.75, 3.05) is 6.61 Å². The zero-order valence-electron chi connectivity index (χ0n) is 11.4. The average Bonchev–Trinajstić information content (AvgIpc) is 2.31. The van der Waals surface area contributed by atoms with Crippen LogP contribution in [-0.2, 0) is 0 Å². The average molecular weight is 271 g/mol. The second kappa shape index (κ2) is 7.65. The van der Waals surface area contributed by atoms with Gasteiger partial charge in [0, 0.05) is 6.61 Å². The summed E-state index contributed by atoms with van der Waals surface area (Å²) in [6.45, 7) is 6.43. The molecule has 0 aliphatic carbocycles. The molecule has 0 spiro atoms. The maximum atomic E-state index is 8.78. The monoisotopic (exact) mass is 270 g/mol. The first kappa shape index (κ1) is 15.3. The first-order valence-corrected chi connectivity index (χ1v) is 6.99. The molecule has 1 N–H and O–H groups in total. The van der Waals surface area contributed by atoms with Crippen molar-refractivity contribution >= 4 is 11.6 Å². The van der Waals surface area contributed by atoms with Crippen LogP contribution in [0.2, 0.25) is 5.02 Å². The number of unbranched alkanes of at least 4 members (excludes halogenated alkanes) is 1. The molecular formula is C15H23ClO2. The Balaban J connectivity index is 2.65. The standard InChI is InChI=1S/C15H23ClO2/c1-11(2)18-15-8-7-13(10-14(15)16)12(3)6-4-5-9-17/h7-8,10-12,17H,4-6,9H2,1-3H3. The van der Waals surface area contributed by atoms with E-state index in [0.29, 0.717) is 10.9 Å². The van der Waals surface area contributed by atoms with Gasteiger partial charge in [-0.05, 0) is 50.3 Å². The Morgan fingerprint density at radius 2 is 1.94 bits per heavy atom. The van der Waals surface area contributed by atoms with E-state index in [2.05, 4.69) is 13.0 Å². The number of benzene rings is 1. The minimum absolute atomic E-state index is 0.135. The van der Waals surface area contributed by atoms with Crippen LogP contribution in [0.4, 0.5) is 0 Å². The molecule has 0 heterocycles. The SMILES string of the molecule is CC(C)Oc1ccc(C(C)CCCCO)cc1Cl. The van der Waals surface area contributed by atoms with Gasteiger partial charge in [0.05, 0.1) is 11.1 Å². The molecule has 1 atom stereocenters. The van der Waals surface area contributed by atoms with Gasteiger partial charge in [-0.15, -0.1) is 0 Å². The van der Waals surface area contributed by atoms with Crippen LogP contribution in [0.5, 0.6) is 5.75 Å². The summed E-state index contributed by atoms with van der Waals surface area (Å²) in [5, 5.41) is 9.45. The Morgan fingerprint density at radius 1 is 1.22 bits per heavy atom. The molecule has 0 radical (unpaired) electrons. The molecule has 0 fully saturated rings. The predicted molar refractivity (Wildman–Crippen MR) is 76.6 cm³/mol. The highest BCUT2D eigenvalue weighted by Crippen LogP contribution is 2.31. The highest BCUT2D eigenvalue weighted by molar-refractivity contribution is 6.32. The number of hydrogen-bond acceptors (Lipinski definition) is 2. The zero-order valence-corrected chi connectivity index (χ0v) is 12.2. The van der Waals surface area contributed by atoms with Crippen LogP contribution >= 0.6 is 11.6 Å². The summed E-state index contributed by atoms with van der Waals surface area (Å²) in [5.41, 5.74) is 1.23. The second-order valence-corrected chi connectivity index (χ2v) is 5.38. The molecule has 18 heavy (non-hydrogen) atoms. The fraction of sp³-hybridized carbons (Fsp3) is 0.600. The molecule has 0 saturated heterocycles. The van der Waals surface area contributed by atoms with Crippen molar-refractivity contribution in [2.24, 2.45) is 0 Å². The smallest absolute Gasteiger partial charge is 0.138 e. The number of aliphatic hydroxyl groups is 1. The fourth-order valence-corrected chi connectivity index (χ4v) is 2.14. The molecule has 0 amide bonds. The molecule has 0 aromatic heterocycles. The van der Waals surface area contributed by atoms with Crippen LogP contribution in [-0.4, -0.2) is 17.8 Å². The third-order valence-corrected chi connectivity index (χ3v) is 3.23. The third kappa shape index (κ3) is 4.87. The van der Waals surface area contributed by atoms with Crippen molar-refractivity contribution in [1.29, 1.82) is 0 Å². The van der Waals surface area contributed by atoms with Crippen LogP contribution in [0.15, 0.2) is 18.2 Å². The topological polar surface area (TPSA) is 29.5 Å². The molecule has 102 valence electrons. The molecule has 3 heteroatoms. The van der Waals surface area contributed by atoms with Crippen LogP contribution in [0, 0.1) is 0 Å². The number of ether oxygens (including phenoxy) is 1. The van der Waals surface area contributed by atoms with E-state index in [-0.39, 0.29) is 12.7 Å². The van der Waals surface area contributed by atoms with E-state index >= 15 is 0 Å². The summed E-state index contributed by atoms with van der Waals surface area (Å²) in [4.78, 5) is 0. The van der Waals surface area contributed by atoms with Gasteiger partial charge in [-0.25, -0.2) is 0 Å². The van der Waals surface area contributed by atoms with Crippen LogP contribution < -0.4 is 4.74 Å². The lowest BCUT2D eigenvalue weighted by atomic mass is 9.95. The van der Waals surface area contributed by atoms with E-state index < -0.39 is 0 Å². The lowest BCUT2D eigenvalue weighted by Crippen LogP contribution is -2.06. The normalized spacial score (nSPS) is 12.8. The van der Waals surface area contributed by atoms with Crippen LogP contribution in [0.25, 0.3) is 0 Å². The van der Waals surface area contributed by atoms with Gasteiger partial charge in [-0.1, -0.05) is 31.0 Å². The molecule has 1 aromatic carbocycles. The van der Waals surface area contributed by atoms with Gasteiger partial charge in [-0.2, -0.15) is 0 Å². The van der Waals surface area contributed by atoms with E-state index in [0.717, 1.165) is 25.0 Å². The predicted octanol–water partition coefficient (Wildman–Crippen LogP) is 4.39. The van der Waals surface area contributed by atoms with Gasteiger partial charge in [-0.3, -0.25) is 0 Å². The summed E-state index contributed by atoms with van der Waals surface area (Å²) in [5.74, 6) is 1.21. The Hall–Kier alpha value is -0.730. The molecule has 0 bridgehead atoms. The second-order valence-electron chi connectivity index (χ2n) is 4.98. The largest absolute Gasteiger partial charge is 0.489 e. The number of halogens is 1. The Kier molecular flexibility index (Phi) is 6.51. The highest BCUT2D eigenvalue weighted by Gasteiger charge is 2.09. The van der Waals surface area contributed by atoms with Crippen molar-refractivity contribution in [3.05, 3.63) is 28.8 Å². The molecule has 1 aromatic rings. The maximum Gasteiger partial charge on any atom is 0.138 e. The van der Waals surface area contributed by atoms with Gasteiger partial charge < -0.3 is 9.84 Å². The van der Waals surface area contributed by atoms with E-state index in [1.54, 1.807) is 0 Å². The van der Waals surface area contributed by atoms with Gasteiger partial charge in [0.2, 0.25) is 0 Å². The third-order valence-electron chi connectivity index (χ3n) is 2.93. The molecular weight excluding hydrogens is 248 g/mol. The van der Waals surface area contributed by atoms with Crippen LogP contribution in [0.3, 0.4) is 0 Å². The number of rotatable bonds is 7. The highest BCUT2D eigenvalue weighted by atomic mass is 35.5. The molecule has 0 aliphatic rings. The summed E-state index contributed by atoms with van der Waals surface area (Å²) < 4.78 is 5.61. The van der Waals surface area contributed by atoms with Crippen molar-refractivity contribution < 1.29 is 9.84 Å². The van der Waals surface area contributed by atoms with Gasteiger partial charge in [0.15, 0.2) is 0 Å². The molecule has 2 nitrogen and oxygen atoms in total. The van der Waals surface area contributed by atoms with Gasteiger partial charge in [0.1, 0.15) is 5.75 Å². The first-order valence-electron chi connectivity index (χ1n) is 6.61. The van der Waals surface area contributed by atoms with E-state index in [4.69, 9.17) is 21.4 Å². The summed E-state index contributed by atoms with van der Waals surface area (Å²) in [6.07, 6.45) is 3.11. The summed E-state index contributed by atoms with van der Waals surface area (Å²) >= 11 is 6.21. The van der Waals surface area contributed by atoms with Crippen molar-refractivity contribution in [3.63, 3.8) is 0 Å². The Labute approximate surface area is 115 Å². The minimum Gasteiger partial charge on any atom is -0.489 e. The maximum absolute atomic E-state index is 8.78. The molecule has 0 saturated carbocycles. The quantitative estimate of drug-likeness (QED) is 0.745. The van der Waals surface area contributed by atoms with Crippen molar-refractivity contribution in [3.8, 4) is 5.75 Å².